The summed E-state index contributed by atoms with van der Waals surface area (Å²) < 4.78 is 17.1. The topological polar surface area (TPSA) is 65.0 Å². The van der Waals surface area contributed by atoms with Crippen molar-refractivity contribution in [2.75, 3.05) is 26.4 Å². The number of rotatable bonds is 9. The average molecular weight is 507 g/mol. The monoisotopic (exact) mass is 506 g/mol. The van der Waals surface area contributed by atoms with E-state index in [1.807, 2.05) is 55.5 Å². The fraction of sp³-hybridized carbons (Fsp3) is 0.469. The molecule has 1 saturated heterocycles. The van der Waals surface area contributed by atoms with Crippen molar-refractivity contribution < 1.29 is 24.1 Å². The summed E-state index contributed by atoms with van der Waals surface area (Å²) in [4.78, 5) is 12.4. The molecule has 0 atom stereocenters. The van der Waals surface area contributed by atoms with Gasteiger partial charge in [-0.15, -0.1) is 0 Å². The van der Waals surface area contributed by atoms with Crippen LogP contribution in [0, 0.1) is 10.8 Å². The first kappa shape index (κ1) is 28.8. The highest BCUT2D eigenvalue weighted by molar-refractivity contribution is 5.83. The largest absolute Gasteiger partial charge is 0.462 e. The molecule has 0 unspecified atom stereocenters. The molecule has 1 aromatic rings. The summed E-state index contributed by atoms with van der Waals surface area (Å²) in [7, 11) is 0. The number of ether oxygens (including phenoxy) is 3. The normalized spacial score (nSPS) is 25.2. The van der Waals surface area contributed by atoms with Crippen LogP contribution in [0.5, 0.6) is 0 Å². The Morgan fingerprint density at radius 1 is 1.11 bits per heavy atom. The lowest BCUT2D eigenvalue weighted by atomic mass is 9.72. The summed E-state index contributed by atoms with van der Waals surface area (Å²) >= 11 is 0. The first-order chi connectivity index (χ1) is 17.6. The van der Waals surface area contributed by atoms with Gasteiger partial charge in [-0.05, 0) is 56.6 Å². The third kappa shape index (κ3) is 8.39. The van der Waals surface area contributed by atoms with Gasteiger partial charge in [-0.2, -0.15) is 0 Å². The van der Waals surface area contributed by atoms with Crippen molar-refractivity contribution in [3.05, 3.63) is 94.6 Å². The molecule has 200 valence electrons. The van der Waals surface area contributed by atoms with Crippen molar-refractivity contribution >= 4 is 5.97 Å². The predicted molar refractivity (Wildman–Crippen MR) is 148 cm³/mol. The number of aliphatic hydroxyl groups excluding tert-OH is 1. The Morgan fingerprint density at radius 2 is 1.81 bits per heavy atom. The molecule has 5 nitrogen and oxygen atoms in total. The lowest BCUT2D eigenvalue weighted by Gasteiger charge is -2.38. The maximum Gasteiger partial charge on any atom is 0.331 e. The Kier molecular flexibility index (Phi) is 10.3. The van der Waals surface area contributed by atoms with Crippen molar-refractivity contribution in [2.24, 2.45) is 10.8 Å². The highest BCUT2D eigenvalue weighted by Crippen LogP contribution is 2.40. The zero-order valence-corrected chi connectivity index (χ0v) is 23.0. The van der Waals surface area contributed by atoms with Gasteiger partial charge in [-0.3, -0.25) is 0 Å². The van der Waals surface area contributed by atoms with Gasteiger partial charge >= 0.3 is 5.97 Å². The first-order valence-corrected chi connectivity index (χ1v) is 13.1. The van der Waals surface area contributed by atoms with Gasteiger partial charge in [0, 0.05) is 11.6 Å². The van der Waals surface area contributed by atoms with Gasteiger partial charge < -0.3 is 19.3 Å². The Bertz CT molecular complexity index is 1060. The van der Waals surface area contributed by atoms with Crippen molar-refractivity contribution in [3.63, 3.8) is 0 Å². The molecule has 3 rings (SSSR count). The van der Waals surface area contributed by atoms with Crippen molar-refractivity contribution in [2.45, 2.75) is 60.2 Å². The fourth-order valence-electron chi connectivity index (χ4n) is 4.75. The van der Waals surface area contributed by atoms with Crippen LogP contribution in [0.15, 0.2) is 89.1 Å². The van der Waals surface area contributed by atoms with Crippen molar-refractivity contribution in [1.82, 2.24) is 0 Å². The number of carbonyl (C=O) groups excluding carboxylic acids is 1. The van der Waals surface area contributed by atoms with Gasteiger partial charge in [0.1, 0.15) is 6.61 Å². The number of benzene rings is 1. The molecule has 1 aliphatic heterocycles. The van der Waals surface area contributed by atoms with Crippen LogP contribution in [-0.2, 0) is 19.0 Å². The second-order valence-electron chi connectivity index (χ2n) is 11.1. The van der Waals surface area contributed by atoms with Crippen LogP contribution in [0.4, 0.5) is 0 Å². The van der Waals surface area contributed by atoms with Crippen LogP contribution < -0.4 is 0 Å². The summed E-state index contributed by atoms with van der Waals surface area (Å²) in [5.74, 6) is -0.456. The highest BCUT2D eigenvalue weighted by Gasteiger charge is 2.38. The minimum Gasteiger partial charge on any atom is -0.462 e. The molecule has 0 radical (unpaired) electrons. The van der Waals surface area contributed by atoms with Gasteiger partial charge in [-0.1, -0.05) is 85.7 Å². The maximum atomic E-state index is 12.4. The summed E-state index contributed by atoms with van der Waals surface area (Å²) in [5, 5.41) is 9.94. The molecule has 1 fully saturated rings. The second kappa shape index (κ2) is 13.2. The van der Waals surface area contributed by atoms with E-state index in [0.717, 1.165) is 16.7 Å². The summed E-state index contributed by atoms with van der Waals surface area (Å²) in [6.07, 6.45) is 14.9. The van der Waals surface area contributed by atoms with E-state index in [0.29, 0.717) is 0 Å². The molecule has 1 heterocycles. The molecule has 1 N–H and O–H groups in total. The van der Waals surface area contributed by atoms with Gasteiger partial charge in [0.05, 0.1) is 25.2 Å². The molecule has 1 aromatic carbocycles. The molecular formula is C32H42O5. The van der Waals surface area contributed by atoms with Crippen molar-refractivity contribution in [1.29, 1.82) is 0 Å². The molecule has 0 aromatic heterocycles. The fourth-order valence-corrected chi connectivity index (χ4v) is 4.75. The highest BCUT2D eigenvalue weighted by atomic mass is 16.7. The first-order valence-electron chi connectivity index (χ1n) is 13.1. The number of hydrogen-bond acceptors (Lipinski definition) is 5. The van der Waals surface area contributed by atoms with Gasteiger partial charge in [-0.25, -0.2) is 4.79 Å². The Hall–Kier alpha value is -2.73. The third-order valence-electron chi connectivity index (χ3n) is 7.13. The van der Waals surface area contributed by atoms with Crippen LogP contribution in [0.25, 0.3) is 0 Å². The quantitative estimate of drug-likeness (QED) is 0.227. The Balaban J connectivity index is 1.49. The minimum atomic E-state index is -0.772. The van der Waals surface area contributed by atoms with E-state index in [9.17, 15) is 9.90 Å². The lowest BCUT2D eigenvalue weighted by Crippen LogP contribution is -2.45. The third-order valence-corrected chi connectivity index (χ3v) is 7.13. The molecule has 2 aliphatic rings. The SMILES string of the molecule is CC(C=CC1=C(C)CCCC1(C)C)=CC=C/C(C)=C/C(=O)OC[C@]1(CO)CO[C@H](c2ccccc2)OC1. The standard InChI is InChI=1S/C32H42O5/c1-24(16-17-28-26(3)13-10-18-31(28,4)5)11-9-12-25(2)19-29(34)35-21-32(20-33)22-36-30(37-23-32)27-14-7-6-8-15-27/h6-9,11-12,14-17,19,30,33H,10,13,18,20-23H2,1-5H3/b12-9?,17-16?,24-11?,25-19+/t30-,32+. The van der Waals surface area contributed by atoms with Crippen LogP contribution in [0.1, 0.15) is 65.7 Å². The van der Waals surface area contributed by atoms with Crippen LogP contribution >= 0.6 is 0 Å². The number of allylic oxidation sites excluding steroid dienone is 9. The van der Waals surface area contributed by atoms with E-state index in [1.54, 1.807) is 0 Å². The van der Waals surface area contributed by atoms with Crippen molar-refractivity contribution in [3.8, 4) is 0 Å². The molecular weight excluding hydrogens is 464 g/mol. The molecule has 0 amide bonds. The number of aliphatic hydroxyl groups is 1. The molecule has 1 aliphatic carbocycles. The zero-order valence-electron chi connectivity index (χ0n) is 23.0. The van der Waals surface area contributed by atoms with Gasteiger partial charge in [0.25, 0.3) is 0 Å². The van der Waals surface area contributed by atoms with Crippen LogP contribution in [0.2, 0.25) is 0 Å². The molecule has 0 saturated carbocycles. The average Bonchev–Trinajstić information content (AvgIpc) is 2.87. The minimum absolute atomic E-state index is 0.0206. The summed E-state index contributed by atoms with van der Waals surface area (Å²) in [6.45, 7) is 11.1. The van der Waals surface area contributed by atoms with Crippen LogP contribution in [-0.4, -0.2) is 37.5 Å². The maximum absolute atomic E-state index is 12.4. The Morgan fingerprint density at radius 3 is 2.46 bits per heavy atom. The molecule has 0 spiro atoms. The Labute approximate surface area is 222 Å². The predicted octanol–water partition coefficient (Wildman–Crippen LogP) is 6.79. The smallest absolute Gasteiger partial charge is 0.331 e. The van der Waals surface area contributed by atoms with Gasteiger partial charge in [0.15, 0.2) is 6.29 Å². The zero-order chi connectivity index (χ0) is 26.9. The van der Waals surface area contributed by atoms with E-state index in [1.165, 1.54) is 36.5 Å². The van der Waals surface area contributed by atoms with Gasteiger partial charge in [0.2, 0.25) is 0 Å². The number of hydrogen-bond donors (Lipinski definition) is 1. The van der Waals surface area contributed by atoms with Crippen LogP contribution in [0.3, 0.4) is 0 Å². The van der Waals surface area contributed by atoms with E-state index in [2.05, 4.69) is 39.8 Å². The molecule has 0 bridgehead atoms. The molecule has 37 heavy (non-hydrogen) atoms. The number of carbonyl (C=O) groups is 1. The van der Waals surface area contributed by atoms with E-state index in [4.69, 9.17) is 14.2 Å². The lowest BCUT2D eigenvalue weighted by molar-refractivity contribution is -0.249. The van der Waals surface area contributed by atoms with E-state index in [-0.39, 0.29) is 31.8 Å². The second-order valence-corrected chi connectivity index (χ2v) is 11.1. The summed E-state index contributed by atoms with van der Waals surface area (Å²) in [6, 6.07) is 9.64. The summed E-state index contributed by atoms with van der Waals surface area (Å²) in [5.41, 5.74) is 5.22. The molecule has 5 heteroatoms. The van der Waals surface area contributed by atoms with E-state index >= 15 is 0 Å². The van der Waals surface area contributed by atoms with E-state index < -0.39 is 17.7 Å². The number of esters is 1.